The third kappa shape index (κ3) is 3.38. The number of fused-ring (bicyclic) bond motifs is 1. The van der Waals surface area contributed by atoms with Crippen molar-refractivity contribution in [3.8, 4) is 11.5 Å². The summed E-state index contributed by atoms with van der Waals surface area (Å²) in [6.07, 6.45) is 1.69. The molecule has 1 heterocycles. The first-order valence-electron chi connectivity index (χ1n) is 6.41. The summed E-state index contributed by atoms with van der Waals surface area (Å²) in [5.41, 5.74) is 7.38. The van der Waals surface area contributed by atoms with E-state index in [1.165, 1.54) is 6.26 Å². The first-order valence-corrected chi connectivity index (χ1v) is 8.47. The Hall–Kier alpha value is -1.96. The maximum atomic E-state index is 11.2. The number of ether oxygens (including phenoxy) is 2. The molecular formula is C13H19N3O4S. The summed E-state index contributed by atoms with van der Waals surface area (Å²) in [7, 11) is 0.119. The molecule has 2 aromatic rings. The number of nitrogens with zero attached hydrogens (tertiary/aromatic N) is 2. The van der Waals surface area contributed by atoms with Crippen LogP contribution < -0.4 is 15.2 Å². The number of benzene rings is 1. The predicted octanol–water partition coefficient (Wildman–Crippen LogP) is 1.07. The molecule has 2 N–H and O–H groups in total. The van der Waals surface area contributed by atoms with Crippen molar-refractivity contribution in [1.82, 2.24) is 9.55 Å². The average Bonchev–Trinajstić information content (AvgIpc) is 2.71. The van der Waals surface area contributed by atoms with Gasteiger partial charge in [-0.2, -0.15) is 0 Å². The highest BCUT2D eigenvalue weighted by Gasteiger charge is 2.14. The van der Waals surface area contributed by atoms with Crippen molar-refractivity contribution in [2.75, 3.05) is 32.0 Å². The number of aromatic nitrogens is 2. The van der Waals surface area contributed by atoms with Crippen molar-refractivity contribution in [2.24, 2.45) is 0 Å². The van der Waals surface area contributed by atoms with Gasteiger partial charge >= 0.3 is 0 Å². The van der Waals surface area contributed by atoms with Gasteiger partial charge in [-0.1, -0.05) is 0 Å². The van der Waals surface area contributed by atoms with E-state index in [1.807, 2.05) is 0 Å². The minimum Gasteiger partial charge on any atom is -0.493 e. The SMILES string of the molecule is COc1cc2nc(N)n(CCCS(C)(=O)=O)c2cc1OC. The summed E-state index contributed by atoms with van der Waals surface area (Å²) in [4.78, 5) is 4.27. The number of methoxy groups -OCH3 is 2. The molecule has 0 aliphatic carbocycles. The highest BCUT2D eigenvalue weighted by Crippen LogP contribution is 2.32. The lowest BCUT2D eigenvalue weighted by molar-refractivity contribution is 0.355. The van der Waals surface area contributed by atoms with Crippen LogP contribution >= 0.6 is 0 Å². The van der Waals surface area contributed by atoms with E-state index in [0.29, 0.717) is 35.9 Å². The highest BCUT2D eigenvalue weighted by atomic mass is 32.2. The molecule has 0 amide bonds. The van der Waals surface area contributed by atoms with E-state index in [4.69, 9.17) is 15.2 Å². The molecule has 0 atom stereocenters. The second kappa shape index (κ2) is 5.80. The van der Waals surface area contributed by atoms with Crippen molar-refractivity contribution in [1.29, 1.82) is 0 Å². The quantitative estimate of drug-likeness (QED) is 0.857. The van der Waals surface area contributed by atoms with Crippen LogP contribution in [0.15, 0.2) is 12.1 Å². The minimum absolute atomic E-state index is 0.111. The van der Waals surface area contributed by atoms with Crippen LogP contribution in [0, 0.1) is 0 Å². The smallest absolute Gasteiger partial charge is 0.201 e. The van der Waals surface area contributed by atoms with Crippen molar-refractivity contribution < 1.29 is 17.9 Å². The van der Waals surface area contributed by atoms with Crippen LogP contribution in [0.3, 0.4) is 0 Å². The molecule has 0 unspecified atom stereocenters. The minimum atomic E-state index is -2.99. The molecule has 7 nitrogen and oxygen atoms in total. The average molecular weight is 313 g/mol. The van der Waals surface area contributed by atoms with Crippen LogP contribution in [-0.2, 0) is 16.4 Å². The van der Waals surface area contributed by atoms with E-state index in [0.717, 1.165) is 5.52 Å². The van der Waals surface area contributed by atoms with Crippen molar-refractivity contribution in [3.05, 3.63) is 12.1 Å². The highest BCUT2D eigenvalue weighted by molar-refractivity contribution is 7.90. The van der Waals surface area contributed by atoms with Gasteiger partial charge in [0, 0.05) is 24.9 Å². The fourth-order valence-electron chi connectivity index (χ4n) is 2.19. The van der Waals surface area contributed by atoms with E-state index in [1.54, 1.807) is 30.9 Å². The van der Waals surface area contributed by atoms with Crippen molar-refractivity contribution in [3.63, 3.8) is 0 Å². The van der Waals surface area contributed by atoms with Crippen LogP contribution in [0.4, 0.5) is 5.95 Å². The maximum Gasteiger partial charge on any atom is 0.201 e. The van der Waals surface area contributed by atoms with E-state index in [9.17, 15) is 8.42 Å². The summed E-state index contributed by atoms with van der Waals surface area (Å²) in [6.45, 7) is 0.477. The molecule has 0 spiro atoms. The van der Waals surface area contributed by atoms with Crippen molar-refractivity contribution in [2.45, 2.75) is 13.0 Å². The van der Waals surface area contributed by atoms with E-state index in [2.05, 4.69) is 4.98 Å². The number of sulfone groups is 1. The monoisotopic (exact) mass is 313 g/mol. The summed E-state index contributed by atoms with van der Waals surface area (Å²) < 4.78 is 34.7. The number of nitrogens with two attached hydrogens (primary N) is 1. The van der Waals surface area contributed by atoms with Gasteiger partial charge in [0.05, 0.1) is 31.0 Å². The lowest BCUT2D eigenvalue weighted by Gasteiger charge is -2.09. The Kier molecular flexibility index (Phi) is 4.26. The molecule has 21 heavy (non-hydrogen) atoms. The zero-order valence-electron chi connectivity index (χ0n) is 12.3. The van der Waals surface area contributed by atoms with Gasteiger partial charge in [-0.15, -0.1) is 0 Å². The first-order chi connectivity index (χ1) is 9.85. The van der Waals surface area contributed by atoms with Crippen LogP contribution in [0.2, 0.25) is 0 Å². The lowest BCUT2D eigenvalue weighted by Crippen LogP contribution is -2.09. The Morgan fingerprint density at radius 1 is 1.24 bits per heavy atom. The van der Waals surface area contributed by atoms with Gasteiger partial charge in [0.25, 0.3) is 0 Å². The second-order valence-corrected chi connectivity index (χ2v) is 7.06. The number of anilines is 1. The Bertz CT molecular complexity index is 752. The molecule has 0 radical (unpaired) electrons. The van der Waals surface area contributed by atoms with Gasteiger partial charge < -0.3 is 19.8 Å². The Labute approximate surface area is 123 Å². The molecule has 0 saturated heterocycles. The van der Waals surface area contributed by atoms with Crippen LogP contribution in [0.25, 0.3) is 11.0 Å². The third-order valence-electron chi connectivity index (χ3n) is 3.18. The fourth-order valence-corrected chi connectivity index (χ4v) is 2.84. The molecule has 0 aliphatic heterocycles. The first kappa shape index (κ1) is 15.4. The number of hydrogen-bond acceptors (Lipinski definition) is 6. The second-order valence-electron chi connectivity index (χ2n) is 4.80. The molecule has 0 aliphatic rings. The van der Waals surface area contributed by atoms with Gasteiger partial charge in [-0.05, 0) is 6.42 Å². The Morgan fingerprint density at radius 3 is 2.43 bits per heavy atom. The standard InChI is InChI=1S/C13H19N3O4S/c1-19-11-7-9-10(8-12(11)20-2)16(13(14)15-9)5-4-6-21(3,17)18/h7-8H,4-6H2,1-3H3,(H2,14,15). The molecule has 1 aromatic carbocycles. The third-order valence-corrected chi connectivity index (χ3v) is 4.21. The zero-order chi connectivity index (χ0) is 15.6. The molecule has 8 heteroatoms. The predicted molar refractivity (Wildman–Crippen MR) is 81.6 cm³/mol. The molecule has 116 valence electrons. The summed E-state index contributed by atoms with van der Waals surface area (Å²) in [6, 6.07) is 3.54. The zero-order valence-corrected chi connectivity index (χ0v) is 13.1. The van der Waals surface area contributed by atoms with Gasteiger partial charge in [-0.25, -0.2) is 13.4 Å². The lowest BCUT2D eigenvalue weighted by atomic mass is 10.2. The van der Waals surface area contributed by atoms with Crippen LogP contribution in [-0.4, -0.2) is 44.2 Å². The molecular weight excluding hydrogens is 294 g/mol. The van der Waals surface area contributed by atoms with Crippen LogP contribution in [0.5, 0.6) is 11.5 Å². The normalized spacial score (nSPS) is 11.8. The number of nitrogen functional groups attached to an aromatic ring is 1. The summed E-state index contributed by atoms with van der Waals surface area (Å²) in [5.74, 6) is 1.60. The van der Waals surface area contributed by atoms with E-state index < -0.39 is 9.84 Å². The molecule has 0 bridgehead atoms. The molecule has 0 fully saturated rings. The van der Waals surface area contributed by atoms with E-state index in [-0.39, 0.29) is 5.75 Å². The largest absolute Gasteiger partial charge is 0.493 e. The van der Waals surface area contributed by atoms with Gasteiger partial charge in [0.2, 0.25) is 5.95 Å². The topological polar surface area (TPSA) is 96.4 Å². The maximum absolute atomic E-state index is 11.2. The van der Waals surface area contributed by atoms with Gasteiger partial charge in [-0.3, -0.25) is 0 Å². The van der Waals surface area contributed by atoms with E-state index >= 15 is 0 Å². The number of rotatable bonds is 6. The summed E-state index contributed by atoms with van der Waals surface area (Å²) >= 11 is 0. The molecule has 0 saturated carbocycles. The fraction of sp³-hybridized carbons (Fsp3) is 0.462. The van der Waals surface area contributed by atoms with Crippen molar-refractivity contribution >= 4 is 26.8 Å². The van der Waals surface area contributed by atoms with Gasteiger partial charge in [0.15, 0.2) is 11.5 Å². The Balaban J connectivity index is 2.37. The Morgan fingerprint density at radius 2 is 1.86 bits per heavy atom. The number of hydrogen-bond donors (Lipinski definition) is 1. The number of aryl methyl sites for hydroxylation is 1. The van der Waals surface area contributed by atoms with Crippen LogP contribution in [0.1, 0.15) is 6.42 Å². The number of imidazole rings is 1. The molecule has 2 rings (SSSR count). The van der Waals surface area contributed by atoms with Gasteiger partial charge in [0.1, 0.15) is 9.84 Å². The molecule has 1 aromatic heterocycles. The summed E-state index contributed by atoms with van der Waals surface area (Å²) in [5, 5.41) is 0.